The van der Waals surface area contributed by atoms with Crippen LogP contribution in [0.3, 0.4) is 0 Å². The van der Waals surface area contributed by atoms with Gasteiger partial charge in [-0.15, -0.1) is 0 Å². The van der Waals surface area contributed by atoms with E-state index in [1.807, 2.05) is 18.2 Å². The lowest BCUT2D eigenvalue weighted by atomic mass is 10.1. The summed E-state index contributed by atoms with van der Waals surface area (Å²) in [5, 5.41) is 3.01. The standard InChI is InChI=1S/C17H20BrN5/c18-14-4-6-15(7-5-14)23-10-8-13(12-23)11-21-17(19)22-16-3-1-2-9-20-16/h1-7,9,13H,8,10-12H2,(H3,19,20,21,22). The van der Waals surface area contributed by atoms with Crippen molar-refractivity contribution in [3.8, 4) is 0 Å². The number of hydrogen-bond donors (Lipinski definition) is 2. The maximum absolute atomic E-state index is 5.93. The van der Waals surface area contributed by atoms with Crippen molar-refractivity contribution in [3.63, 3.8) is 0 Å². The molecule has 120 valence electrons. The number of aromatic nitrogens is 1. The molecule has 5 nitrogen and oxygen atoms in total. The van der Waals surface area contributed by atoms with Crippen LogP contribution in [0.1, 0.15) is 6.42 Å². The Balaban J connectivity index is 1.51. The lowest BCUT2D eigenvalue weighted by Gasteiger charge is -2.18. The highest BCUT2D eigenvalue weighted by atomic mass is 79.9. The third-order valence-electron chi connectivity index (χ3n) is 3.92. The lowest BCUT2D eigenvalue weighted by Crippen LogP contribution is -2.25. The number of halogens is 1. The van der Waals surface area contributed by atoms with E-state index < -0.39 is 0 Å². The van der Waals surface area contributed by atoms with Crippen LogP contribution >= 0.6 is 15.9 Å². The van der Waals surface area contributed by atoms with E-state index in [0.29, 0.717) is 11.9 Å². The molecule has 0 spiro atoms. The zero-order chi connectivity index (χ0) is 16.1. The first-order chi connectivity index (χ1) is 11.2. The normalized spacial score (nSPS) is 18.2. The Labute approximate surface area is 144 Å². The van der Waals surface area contributed by atoms with Gasteiger partial charge in [-0.1, -0.05) is 22.0 Å². The summed E-state index contributed by atoms with van der Waals surface area (Å²) in [5.41, 5.74) is 7.19. The average molecular weight is 374 g/mol. The van der Waals surface area contributed by atoms with Crippen LogP contribution in [-0.2, 0) is 0 Å². The van der Waals surface area contributed by atoms with Crippen molar-refractivity contribution in [1.82, 2.24) is 4.98 Å². The van der Waals surface area contributed by atoms with Gasteiger partial charge >= 0.3 is 0 Å². The second kappa shape index (κ2) is 7.46. The molecule has 1 saturated heterocycles. The number of nitrogens with zero attached hydrogens (tertiary/aromatic N) is 3. The molecule has 3 rings (SSSR count). The second-order valence-corrected chi connectivity index (χ2v) is 6.56. The first-order valence-corrected chi connectivity index (χ1v) is 8.48. The number of nitrogens with two attached hydrogens (primary N) is 1. The highest BCUT2D eigenvalue weighted by Crippen LogP contribution is 2.25. The van der Waals surface area contributed by atoms with Crippen LogP contribution in [0.4, 0.5) is 11.5 Å². The molecule has 1 unspecified atom stereocenters. The Morgan fingerprint density at radius 2 is 2.13 bits per heavy atom. The third-order valence-corrected chi connectivity index (χ3v) is 4.45. The first-order valence-electron chi connectivity index (χ1n) is 7.69. The van der Waals surface area contributed by atoms with Gasteiger partial charge in [-0.05, 0) is 48.7 Å². The predicted molar refractivity (Wildman–Crippen MR) is 98.8 cm³/mol. The van der Waals surface area contributed by atoms with Crippen molar-refractivity contribution >= 4 is 33.4 Å². The zero-order valence-corrected chi connectivity index (χ0v) is 14.4. The van der Waals surface area contributed by atoms with Crippen LogP contribution in [0, 0.1) is 5.92 Å². The van der Waals surface area contributed by atoms with E-state index >= 15 is 0 Å². The van der Waals surface area contributed by atoms with E-state index in [9.17, 15) is 0 Å². The van der Waals surface area contributed by atoms with Gasteiger partial charge in [-0.2, -0.15) is 0 Å². The molecular formula is C17H20BrN5. The summed E-state index contributed by atoms with van der Waals surface area (Å²) in [7, 11) is 0. The Hall–Kier alpha value is -2.08. The van der Waals surface area contributed by atoms with Crippen LogP contribution in [0.25, 0.3) is 0 Å². The number of nitrogens with one attached hydrogen (secondary N) is 1. The van der Waals surface area contributed by atoms with Gasteiger partial charge in [0.1, 0.15) is 5.82 Å². The van der Waals surface area contributed by atoms with Crippen molar-refractivity contribution in [2.45, 2.75) is 6.42 Å². The molecule has 1 fully saturated rings. The highest BCUT2D eigenvalue weighted by molar-refractivity contribution is 9.10. The number of benzene rings is 1. The SMILES string of the molecule is NC(=NCC1CCN(c2ccc(Br)cc2)C1)Nc1ccccn1. The minimum Gasteiger partial charge on any atom is -0.371 e. The fourth-order valence-corrected chi connectivity index (χ4v) is 2.97. The van der Waals surface area contributed by atoms with Crippen LogP contribution in [0.5, 0.6) is 0 Å². The van der Waals surface area contributed by atoms with E-state index in [4.69, 9.17) is 5.73 Å². The van der Waals surface area contributed by atoms with Crippen molar-refractivity contribution in [2.75, 3.05) is 29.9 Å². The van der Waals surface area contributed by atoms with Crippen LogP contribution in [0.2, 0.25) is 0 Å². The fourth-order valence-electron chi connectivity index (χ4n) is 2.70. The molecule has 0 aliphatic carbocycles. The molecule has 3 N–H and O–H groups in total. The van der Waals surface area contributed by atoms with E-state index in [1.54, 1.807) is 6.20 Å². The zero-order valence-electron chi connectivity index (χ0n) is 12.8. The Morgan fingerprint density at radius 3 is 2.87 bits per heavy atom. The van der Waals surface area contributed by atoms with Gasteiger partial charge in [0.2, 0.25) is 0 Å². The number of guanidine groups is 1. The molecule has 1 aromatic carbocycles. The number of hydrogen-bond acceptors (Lipinski definition) is 3. The summed E-state index contributed by atoms with van der Waals surface area (Å²) < 4.78 is 1.11. The van der Waals surface area contributed by atoms with E-state index in [-0.39, 0.29) is 0 Å². The molecular weight excluding hydrogens is 354 g/mol. The first kappa shape index (κ1) is 15.8. The number of aliphatic imine (C=N–C) groups is 1. The fraction of sp³-hybridized carbons (Fsp3) is 0.294. The largest absolute Gasteiger partial charge is 0.371 e. The van der Waals surface area contributed by atoms with Crippen molar-refractivity contribution < 1.29 is 0 Å². The number of anilines is 2. The average Bonchev–Trinajstić information content (AvgIpc) is 3.04. The molecule has 23 heavy (non-hydrogen) atoms. The quantitative estimate of drug-likeness (QED) is 0.638. The number of pyridine rings is 1. The summed E-state index contributed by atoms with van der Waals surface area (Å²) in [4.78, 5) is 11.0. The summed E-state index contributed by atoms with van der Waals surface area (Å²) in [6.45, 7) is 2.82. The molecule has 1 aliphatic rings. The molecule has 0 amide bonds. The van der Waals surface area contributed by atoms with Gasteiger partial charge in [-0.25, -0.2) is 4.98 Å². The van der Waals surface area contributed by atoms with Crippen molar-refractivity contribution in [1.29, 1.82) is 0 Å². The minimum atomic E-state index is 0.422. The molecule has 0 saturated carbocycles. The molecule has 0 bridgehead atoms. The van der Waals surface area contributed by atoms with E-state index in [1.165, 1.54) is 5.69 Å². The van der Waals surface area contributed by atoms with Gasteiger partial charge < -0.3 is 16.0 Å². The topological polar surface area (TPSA) is 66.5 Å². The molecule has 1 aromatic heterocycles. The Kier molecular flexibility index (Phi) is 5.12. The Bertz CT molecular complexity index is 656. The molecule has 1 atom stereocenters. The van der Waals surface area contributed by atoms with Gasteiger partial charge in [0.05, 0.1) is 0 Å². The molecule has 0 radical (unpaired) electrons. The van der Waals surface area contributed by atoms with Crippen LogP contribution in [-0.4, -0.2) is 30.6 Å². The lowest BCUT2D eigenvalue weighted by molar-refractivity contribution is 0.603. The predicted octanol–water partition coefficient (Wildman–Crippen LogP) is 3.10. The molecule has 2 aromatic rings. The smallest absolute Gasteiger partial charge is 0.194 e. The molecule has 1 aliphatic heterocycles. The van der Waals surface area contributed by atoms with Crippen LogP contribution < -0.4 is 16.0 Å². The van der Waals surface area contributed by atoms with Crippen molar-refractivity contribution in [2.24, 2.45) is 16.6 Å². The van der Waals surface area contributed by atoms with Gasteiger partial charge in [-0.3, -0.25) is 4.99 Å². The summed E-state index contributed by atoms with van der Waals surface area (Å²) in [6, 6.07) is 14.1. The molecule has 6 heteroatoms. The maximum Gasteiger partial charge on any atom is 0.194 e. The monoisotopic (exact) mass is 373 g/mol. The summed E-state index contributed by atoms with van der Waals surface area (Å²) in [5.74, 6) is 1.67. The number of rotatable bonds is 4. The van der Waals surface area contributed by atoms with Gasteiger partial charge in [0.25, 0.3) is 0 Å². The van der Waals surface area contributed by atoms with Crippen molar-refractivity contribution in [3.05, 3.63) is 53.1 Å². The summed E-state index contributed by atoms with van der Waals surface area (Å²) in [6.07, 6.45) is 2.86. The Morgan fingerprint density at radius 1 is 1.30 bits per heavy atom. The summed E-state index contributed by atoms with van der Waals surface area (Å²) >= 11 is 3.47. The van der Waals surface area contributed by atoms with Gasteiger partial charge in [0.15, 0.2) is 5.96 Å². The second-order valence-electron chi connectivity index (χ2n) is 5.64. The van der Waals surface area contributed by atoms with Gasteiger partial charge in [0, 0.05) is 36.0 Å². The maximum atomic E-state index is 5.93. The van der Waals surface area contributed by atoms with Crippen LogP contribution in [0.15, 0.2) is 58.1 Å². The molecule has 2 heterocycles. The highest BCUT2D eigenvalue weighted by Gasteiger charge is 2.22. The van der Waals surface area contributed by atoms with E-state index in [0.717, 1.165) is 36.3 Å². The van der Waals surface area contributed by atoms with E-state index in [2.05, 4.69) is 60.4 Å². The third kappa shape index (κ3) is 4.45. The minimum absolute atomic E-state index is 0.422.